The molecule has 2 aromatic carbocycles. The maximum absolute atomic E-state index is 12.5. The van der Waals surface area contributed by atoms with E-state index >= 15 is 0 Å². The predicted molar refractivity (Wildman–Crippen MR) is 112 cm³/mol. The molecule has 0 spiro atoms. The molecular weight excluding hydrogens is 402 g/mol. The van der Waals surface area contributed by atoms with Crippen LogP contribution in [-0.2, 0) is 4.79 Å². The van der Waals surface area contributed by atoms with Crippen molar-refractivity contribution in [3.8, 4) is 17.1 Å². The number of amides is 1. The molecule has 1 saturated heterocycles. The number of non-ortho nitro benzene ring substituents is 1. The lowest BCUT2D eigenvalue weighted by Crippen LogP contribution is -2.50. The van der Waals surface area contributed by atoms with E-state index in [4.69, 9.17) is 9.26 Å². The van der Waals surface area contributed by atoms with Crippen molar-refractivity contribution in [1.29, 1.82) is 0 Å². The van der Waals surface area contributed by atoms with Gasteiger partial charge in [0.25, 0.3) is 11.6 Å². The van der Waals surface area contributed by atoms with E-state index in [9.17, 15) is 14.9 Å². The number of carbonyl (C=O) groups excluding carboxylic acids is 1. The first kappa shape index (κ1) is 20.3. The van der Waals surface area contributed by atoms with Gasteiger partial charge in [-0.2, -0.15) is 4.98 Å². The van der Waals surface area contributed by atoms with E-state index in [1.165, 1.54) is 12.1 Å². The third-order valence-corrected chi connectivity index (χ3v) is 5.06. The van der Waals surface area contributed by atoms with Crippen LogP contribution >= 0.6 is 0 Å². The maximum Gasteiger partial charge on any atom is 0.269 e. The molecule has 4 rings (SSSR count). The Kier molecular flexibility index (Phi) is 5.78. The fourth-order valence-corrected chi connectivity index (χ4v) is 3.35. The van der Waals surface area contributed by atoms with Crippen LogP contribution in [0.2, 0.25) is 0 Å². The van der Waals surface area contributed by atoms with E-state index in [1.54, 1.807) is 36.1 Å². The van der Waals surface area contributed by atoms with Crippen LogP contribution < -0.4 is 9.64 Å². The van der Waals surface area contributed by atoms with Gasteiger partial charge in [-0.1, -0.05) is 5.16 Å². The second kappa shape index (κ2) is 8.82. The molecule has 1 amide bonds. The summed E-state index contributed by atoms with van der Waals surface area (Å²) in [7, 11) is 0. The average Bonchev–Trinajstić information content (AvgIpc) is 3.24. The van der Waals surface area contributed by atoms with Crippen molar-refractivity contribution in [2.75, 3.05) is 37.7 Å². The lowest BCUT2D eigenvalue weighted by Gasteiger charge is -2.36. The number of anilines is 1. The van der Waals surface area contributed by atoms with E-state index in [0.717, 1.165) is 11.3 Å². The molecule has 0 bridgehead atoms. The van der Waals surface area contributed by atoms with Gasteiger partial charge < -0.3 is 19.1 Å². The number of piperazine rings is 1. The number of rotatable bonds is 6. The fourth-order valence-electron chi connectivity index (χ4n) is 3.35. The van der Waals surface area contributed by atoms with Gasteiger partial charge in [0.1, 0.15) is 5.75 Å². The molecule has 31 heavy (non-hydrogen) atoms. The zero-order valence-corrected chi connectivity index (χ0v) is 16.9. The van der Waals surface area contributed by atoms with E-state index in [-0.39, 0.29) is 18.2 Å². The Morgan fingerprint density at radius 1 is 1.10 bits per heavy atom. The van der Waals surface area contributed by atoms with Crippen LogP contribution in [-0.4, -0.2) is 58.7 Å². The molecule has 0 radical (unpaired) electrons. The summed E-state index contributed by atoms with van der Waals surface area (Å²) in [4.78, 5) is 30.9. The van der Waals surface area contributed by atoms with E-state index < -0.39 is 4.92 Å². The first-order valence-electron chi connectivity index (χ1n) is 9.80. The second-order valence-corrected chi connectivity index (χ2v) is 7.09. The molecule has 1 aliphatic heterocycles. The highest BCUT2D eigenvalue weighted by Gasteiger charge is 2.22. The molecule has 0 atom stereocenters. The Morgan fingerprint density at radius 3 is 2.35 bits per heavy atom. The van der Waals surface area contributed by atoms with Gasteiger partial charge in [0.15, 0.2) is 6.61 Å². The summed E-state index contributed by atoms with van der Waals surface area (Å²) < 4.78 is 10.6. The lowest BCUT2D eigenvalue weighted by molar-refractivity contribution is -0.384. The fraction of sp³-hybridized carbons (Fsp3) is 0.286. The number of nitro groups is 1. The van der Waals surface area contributed by atoms with Gasteiger partial charge in [0.2, 0.25) is 11.7 Å². The molecule has 10 heteroatoms. The van der Waals surface area contributed by atoms with Crippen LogP contribution in [0, 0.1) is 17.0 Å². The minimum Gasteiger partial charge on any atom is -0.484 e. The Bertz CT molecular complexity index is 1060. The number of nitrogens with zero attached hydrogens (tertiary/aromatic N) is 5. The largest absolute Gasteiger partial charge is 0.484 e. The minimum absolute atomic E-state index is 0.0435. The standard InChI is InChI=1S/C21H21N5O5/c1-15-22-21(23-31-15)16-2-8-19(9-3-16)30-14-20(27)25-12-10-24(11-13-25)17-4-6-18(7-5-17)26(28)29/h2-9H,10-14H2,1H3. The van der Waals surface area contributed by atoms with Crippen molar-refractivity contribution in [1.82, 2.24) is 15.0 Å². The smallest absolute Gasteiger partial charge is 0.269 e. The molecule has 0 aliphatic carbocycles. The van der Waals surface area contributed by atoms with Crippen LogP contribution in [0.25, 0.3) is 11.4 Å². The molecule has 2 heterocycles. The normalized spacial score (nSPS) is 13.8. The van der Waals surface area contributed by atoms with Crippen LogP contribution in [0.4, 0.5) is 11.4 Å². The van der Waals surface area contributed by atoms with Gasteiger partial charge in [0.05, 0.1) is 4.92 Å². The van der Waals surface area contributed by atoms with Crippen LogP contribution in [0.1, 0.15) is 5.89 Å². The number of aryl methyl sites for hydroxylation is 1. The predicted octanol–water partition coefficient (Wildman–Crippen LogP) is 2.68. The monoisotopic (exact) mass is 423 g/mol. The van der Waals surface area contributed by atoms with Crippen LogP contribution in [0.5, 0.6) is 5.75 Å². The average molecular weight is 423 g/mol. The first-order chi connectivity index (χ1) is 15.0. The third kappa shape index (κ3) is 4.80. The number of ether oxygens (including phenoxy) is 1. The zero-order valence-electron chi connectivity index (χ0n) is 16.9. The van der Waals surface area contributed by atoms with Gasteiger partial charge in [-0.25, -0.2) is 0 Å². The second-order valence-electron chi connectivity index (χ2n) is 7.09. The van der Waals surface area contributed by atoms with Gasteiger partial charge in [-0.3, -0.25) is 14.9 Å². The van der Waals surface area contributed by atoms with E-state index in [0.29, 0.717) is 43.6 Å². The number of hydrogen-bond acceptors (Lipinski definition) is 8. The summed E-state index contributed by atoms with van der Waals surface area (Å²) >= 11 is 0. The molecule has 10 nitrogen and oxygen atoms in total. The van der Waals surface area contributed by atoms with Gasteiger partial charge in [0, 0.05) is 56.5 Å². The first-order valence-corrected chi connectivity index (χ1v) is 9.80. The molecule has 1 fully saturated rings. The number of hydrogen-bond donors (Lipinski definition) is 0. The number of carbonyl (C=O) groups is 1. The topological polar surface area (TPSA) is 115 Å². The summed E-state index contributed by atoms with van der Waals surface area (Å²) in [5.74, 6) is 1.50. The Hall–Kier alpha value is -3.95. The zero-order chi connectivity index (χ0) is 21.8. The minimum atomic E-state index is -0.417. The molecule has 160 valence electrons. The maximum atomic E-state index is 12.5. The van der Waals surface area contributed by atoms with Gasteiger partial charge in [-0.05, 0) is 36.4 Å². The van der Waals surface area contributed by atoms with Crippen LogP contribution in [0.3, 0.4) is 0 Å². The SMILES string of the molecule is Cc1nc(-c2ccc(OCC(=O)N3CCN(c4ccc([N+](=O)[O-])cc4)CC3)cc2)no1. The van der Waals surface area contributed by atoms with Crippen molar-refractivity contribution in [2.45, 2.75) is 6.92 Å². The summed E-state index contributed by atoms with van der Waals surface area (Å²) in [6, 6.07) is 13.6. The molecule has 1 aliphatic rings. The van der Waals surface area contributed by atoms with E-state index in [1.807, 2.05) is 12.1 Å². The quantitative estimate of drug-likeness (QED) is 0.439. The van der Waals surface area contributed by atoms with Crippen molar-refractivity contribution < 1.29 is 19.0 Å². The van der Waals surface area contributed by atoms with Gasteiger partial charge in [-0.15, -0.1) is 0 Å². The summed E-state index contributed by atoms with van der Waals surface area (Å²) in [6.45, 7) is 4.12. The number of nitro benzene ring substituents is 1. The Morgan fingerprint density at radius 2 is 1.77 bits per heavy atom. The van der Waals surface area contributed by atoms with Gasteiger partial charge >= 0.3 is 0 Å². The molecule has 3 aromatic rings. The van der Waals surface area contributed by atoms with Crippen molar-refractivity contribution in [2.24, 2.45) is 0 Å². The Balaban J connectivity index is 1.26. The molecule has 1 aromatic heterocycles. The summed E-state index contributed by atoms with van der Waals surface area (Å²) in [5, 5.41) is 14.6. The highest BCUT2D eigenvalue weighted by molar-refractivity contribution is 5.78. The highest BCUT2D eigenvalue weighted by atomic mass is 16.6. The highest BCUT2D eigenvalue weighted by Crippen LogP contribution is 2.22. The lowest BCUT2D eigenvalue weighted by atomic mass is 10.2. The number of aromatic nitrogens is 2. The number of benzene rings is 2. The summed E-state index contributed by atoms with van der Waals surface area (Å²) in [6.07, 6.45) is 0. The van der Waals surface area contributed by atoms with Crippen molar-refractivity contribution in [3.63, 3.8) is 0 Å². The van der Waals surface area contributed by atoms with Crippen molar-refractivity contribution in [3.05, 3.63) is 64.5 Å². The third-order valence-electron chi connectivity index (χ3n) is 5.06. The van der Waals surface area contributed by atoms with E-state index in [2.05, 4.69) is 15.0 Å². The molecule has 0 N–H and O–H groups in total. The van der Waals surface area contributed by atoms with Crippen LogP contribution in [0.15, 0.2) is 53.1 Å². The molecular formula is C21H21N5O5. The molecule has 0 unspecified atom stereocenters. The summed E-state index contributed by atoms with van der Waals surface area (Å²) in [5.41, 5.74) is 1.78. The van der Waals surface area contributed by atoms with Crippen molar-refractivity contribution >= 4 is 17.3 Å². The Labute approximate surface area is 178 Å². The molecule has 0 saturated carbocycles.